The first kappa shape index (κ1) is 16.7. The standard InChI is InChI=1S/C14H20N2O5/c1-14(2,3)15(13(18)21-4)9-8-10-6-5-7-11(12(10)17)16(19)20/h5-7,17H,8-9H2,1-4H3. The molecule has 0 unspecified atom stereocenters. The molecule has 0 spiro atoms. The Balaban J connectivity index is 2.94. The fourth-order valence-corrected chi connectivity index (χ4v) is 1.97. The molecule has 0 atom stereocenters. The van der Waals surface area contributed by atoms with E-state index in [9.17, 15) is 20.0 Å². The van der Waals surface area contributed by atoms with Crippen molar-refractivity contribution in [1.29, 1.82) is 0 Å². The van der Waals surface area contributed by atoms with Gasteiger partial charge in [-0.15, -0.1) is 0 Å². The van der Waals surface area contributed by atoms with Crippen LogP contribution in [0.4, 0.5) is 10.5 Å². The number of aromatic hydroxyl groups is 1. The lowest BCUT2D eigenvalue weighted by molar-refractivity contribution is -0.385. The predicted molar refractivity (Wildman–Crippen MR) is 77.3 cm³/mol. The van der Waals surface area contributed by atoms with Gasteiger partial charge in [0.15, 0.2) is 5.75 Å². The SMILES string of the molecule is COC(=O)N(CCc1cccc([N+](=O)[O-])c1O)C(C)(C)C. The number of phenols is 1. The zero-order valence-electron chi connectivity index (χ0n) is 12.6. The first-order valence-corrected chi connectivity index (χ1v) is 6.49. The molecule has 0 saturated carbocycles. The highest BCUT2D eigenvalue weighted by Gasteiger charge is 2.27. The van der Waals surface area contributed by atoms with Gasteiger partial charge in [-0.2, -0.15) is 0 Å². The van der Waals surface area contributed by atoms with Crippen molar-refractivity contribution in [3.63, 3.8) is 0 Å². The minimum absolute atomic E-state index is 0.283. The van der Waals surface area contributed by atoms with E-state index in [0.29, 0.717) is 12.0 Å². The maximum Gasteiger partial charge on any atom is 0.409 e. The molecular formula is C14H20N2O5. The molecule has 0 bridgehead atoms. The van der Waals surface area contributed by atoms with Crippen molar-refractivity contribution in [3.05, 3.63) is 33.9 Å². The van der Waals surface area contributed by atoms with Crippen LogP contribution in [0.5, 0.6) is 5.75 Å². The predicted octanol–water partition coefficient (Wildman–Crippen LogP) is 2.71. The van der Waals surface area contributed by atoms with Gasteiger partial charge in [-0.1, -0.05) is 12.1 Å². The summed E-state index contributed by atoms with van der Waals surface area (Å²) in [5.41, 5.74) is -0.376. The molecule has 7 nitrogen and oxygen atoms in total. The molecule has 0 aliphatic heterocycles. The average Bonchev–Trinajstić information content (AvgIpc) is 2.38. The lowest BCUT2D eigenvalue weighted by Crippen LogP contribution is -2.46. The van der Waals surface area contributed by atoms with Crippen LogP contribution >= 0.6 is 0 Å². The third-order valence-electron chi connectivity index (χ3n) is 3.10. The maximum absolute atomic E-state index is 11.8. The van der Waals surface area contributed by atoms with Crippen molar-refractivity contribution in [2.24, 2.45) is 0 Å². The monoisotopic (exact) mass is 296 g/mol. The van der Waals surface area contributed by atoms with Crippen LogP contribution in [-0.4, -0.2) is 40.2 Å². The Kier molecular flexibility index (Phi) is 5.12. The smallest absolute Gasteiger partial charge is 0.409 e. The number of para-hydroxylation sites is 1. The van der Waals surface area contributed by atoms with E-state index in [-0.39, 0.29) is 18.0 Å². The molecule has 21 heavy (non-hydrogen) atoms. The van der Waals surface area contributed by atoms with Crippen LogP contribution in [0.25, 0.3) is 0 Å². The highest BCUT2D eigenvalue weighted by atomic mass is 16.6. The van der Waals surface area contributed by atoms with E-state index >= 15 is 0 Å². The van der Waals surface area contributed by atoms with Crippen molar-refractivity contribution in [1.82, 2.24) is 4.90 Å². The highest BCUT2D eigenvalue weighted by Crippen LogP contribution is 2.30. The Morgan fingerprint density at radius 1 is 1.43 bits per heavy atom. The minimum Gasteiger partial charge on any atom is -0.502 e. The first-order chi connectivity index (χ1) is 9.68. The number of ether oxygens (including phenoxy) is 1. The van der Waals surface area contributed by atoms with E-state index < -0.39 is 16.6 Å². The Bertz CT molecular complexity index is 537. The molecule has 1 aromatic rings. The van der Waals surface area contributed by atoms with Gasteiger partial charge in [0.1, 0.15) is 0 Å². The molecule has 0 saturated heterocycles. The van der Waals surface area contributed by atoms with Gasteiger partial charge in [0.05, 0.1) is 12.0 Å². The molecule has 7 heteroatoms. The van der Waals surface area contributed by atoms with E-state index in [1.54, 1.807) is 6.07 Å². The normalized spacial score (nSPS) is 11.0. The Hall–Kier alpha value is -2.31. The van der Waals surface area contributed by atoms with Crippen molar-refractivity contribution < 1.29 is 19.6 Å². The quantitative estimate of drug-likeness (QED) is 0.681. The summed E-state index contributed by atoms with van der Waals surface area (Å²) in [4.78, 5) is 23.4. The van der Waals surface area contributed by atoms with Gasteiger partial charge in [-0.3, -0.25) is 10.1 Å². The molecule has 116 valence electrons. The van der Waals surface area contributed by atoms with Gasteiger partial charge in [0.2, 0.25) is 0 Å². The molecule has 1 N–H and O–H groups in total. The summed E-state index contributed by atoms with van der Waals surface area (Å²) in [5.74, 6) is -0.360. The van der Waals surface area contributed by atoms with Crippen LogP contribution in [-0.2, 0) is 11.2 Å². The summed E-state index contributed by atoms with van der Waals surface area (Å²) < 4.78 is 4.74. The maximum atomic E-state index is 11.8. The number of rotatable bonds is 4. The van der Waals surface area contributed by atoms with Gasteiger partial charge in [-0.05, 0) is 27.2 Å². The molecule has 1 aromatic carbocycles. The third-order valence-corrected chi connectivity index (χ3v) is 3.10. The first-order valence-electron chi connectivity index (χ1n) is 6.49. The summed E-state index contributed by atoms with van der Waals surface area (Å²) in [6.45, 7) is 5.86. The number of nitro benzene ring substituents is 1. The van der Waals surface area contributed by atoms with Crippen molar-refractivity contribution in [2.75, 3.05) is 13.7 Å². The summed E-state index contributed by atoms with van der Waals surface area (Å²) in [5, 5.41) is 20.7. The third kappa shape index (κ3) is 4.08. The van der Waals surface area contributed by atoms with E-state index in [1.807, 2.05) is 20.8 Å². The number of carbonyl (C=O) groups excluding carboxylic acids is 1. The highest BCUT2D eigenvalue weighted by molar-refractivity contribution is 5.68. The van der Waals surface area contributed by atoms with E-state index in [1.165, 1.54) is 24.1 Å². The summed E-state index contributed by atoms with van der Waals surface area (Å²) >= 11 is 0. The van der Waals surface area contributed by atoms with Gasteiger partial charge in [0, 0.05) is 23.7 Å². The Morgan fingerprint density at radius 3 is 2.52 bits per heavy atom. The summed E-state index contributed by atoms with van der Waals surface area (Å²) in [7, 11) is 1.30. The number of nitrogens with zero attached hydrogens (tertiary/aromatic N) is 2. The topological polar surface area (TPSA) is 92.9 Å². The second-order valence-corrected chi connectivity index (χ2v) is 5.58. The van der Waals surface area contributed by atoms with Gasteiger partial charge in [0.25, 0.3) is 0 Å². The average molecular weight is 296 g/mol. The van der Waals surface area contributed by atoms with Crippen LogP contribution < -0.4 is 0 Å². The number of benzene rings is 1. The number of nitro groups is 1. The molecule has 0 radical (unpaired) electrons. The van der Waals surface area contributed by atoms with Crippen LogP contribution in [0.1, 0.15) is 26.3 Å². The van der Waals surface area contributed by atoms with Crippen molar-refractivity contribution in [2.45, 2.75) is 32.7 Å². The zero-order chi connectivity index (χ0) is 16.2. The fraction of sp³-hybridized carbons (Fsp3) is 0.500. The van der Waals surface area contributed by atoms with Crippen LogP contribution in [0.2, 0.25) is 0 Å². The molecule has 0 aliphatic rings. The van der Waals surface area contributed by atoms with Gasteiger partial charge < -0.3 is 14.7 Å². The van der Waals surface area contributed by atoms with Crippen LogP contribution in [0.3, 0.4) is 0 Å². The van der Waals surface area contributed by atoms with Gasteiger partial charge >= 0.3 is 11.8 Å². The molecule has 0 heterocycles. The van der Waals surface area contributed by atoms with E-state index in [0.717, 1.165) is 0 Å². The van der Waals surface area contributed by atoms with Crippen molar-refractivity contribution >= 4 is 11.8 Å². The number of amides is 1. The number of hydrogen-bond donors (Lipinski definition) is 1. The van der Waals surface area contributed by atoms with E-state index in [2.05, 4.69) is 0 Å². The number of phenolic OH excluding ortho intramolecular Hbond substituents is 1. The van der Waals surface area contributed by atoms with Crippen LogP contribution in [0.15, 0.2) is 18.2 Å². The molecule has 0 aliphatic carbocycles. The van der Waals surface area contributed by atoms with E-state index in [4.69, 9.17) is 4.74 Å². The number of carbonyl (C=O) groups is 1. The zero-order valence-corrected chi connectivity index (χ0v) is 12.6. The number of methoxy groups -OCH3 is 1. The second-order valence-electron chi connectivity index (χ2n) is 5.58. The Labute approximate surface area is 123 Å². The largest absolute Gasteiger partial charge is 0.502 e. The number of hydrogen-bond acceptors (Lipinski definition) is 5. The van der Waals surface area contributed by atoms with Crippen molar-refractivity contribution in [3.8, 4) is 5.75 Å². The minimum atomic E-state index is -0.638. The fourth-order valence-electron chi connectivity index (χ4n) is 1.97. The van der Waals surface area contributed by atoms with Crippen LogP contribution in [0, 0.1) is 10.1 Å². The lowest BCUT2D eigenvalue weighted by Gasteiger charge is -2.34. The summed E-state index contributed by atoms with van der Waals surface area (Å²) in [6.07, 6.45) is -0.188. The van der Waals surface area contributed by atoms with Gasteiger partial charge in [-0.25, -0.2) is 4.79 Å². The molecule has 1 rings (SSSR count). The molecule has 1 amide bonds. The second kappa shape index (κ2) is 6.43. The molecular weight excluding hydrogens is 276 g/mol. The summed E-state index contributed by atoms with van der Waals surface area (Å²) in [6, 6.07) is 4.34. The molecule has 0 aromatic heterocycles. The molecule has 0 fully saturated rings. The Morgan fingerprint density at radius 2 is 2.05 bits per heavy atom. The lowest BCUT2D eigenvalue weighted by atomic mass is 10.0.